The normalized spacial score (nSPS) is 11.8. The smallest absolute Gasteiger partial charge is 0.0228 e. The zero-order valence-electron chi connectivity index (χ0n) is 8.09. The van der Waals surface area contributed by atoms with E-state index in [4.69, 9.17) is 0 Å². The lowest BCUT2D eigenvalue weighted by molar-refractivity contribution is 1.14. The number of benzene rings is 1. The molecule has 0 heterocycles. The van der Waals surface area contributed by atoms with Crippen molar-refractivity contribution in [3.63, 3.8) is 0 Å². The van der Waals surface area contributed by atoms with Gasteiger partial charge in [0.2, 0.25) is 0 Å². The van der Waals surface area contributed by atoms with Crippen LogP contribution in [-0.4, -0.2) is 0 Å². The molecule has 64 valence electrons. The lowest BCUT2D eigenvalue weighted by Crippen LogP contribution is -1.83. The summed E-state index contributed by atoms with van der Waals surface area (Å²) in [6, 6.07) is 8.72. The van der Waals surface area contributed by atoms with Gasteiger partial charge in [0.15, 0.2) is 0 Å². The van der Waals surface area contributed by atoms with Gasteiger partial charge in [-0.15, -0.1) is 0 Å². The number of allylic oxidation sites excluding steroid dienone is 2. The Morgan fingerprint density at radius 2 is 2.17 bits per heavy atom. The highest BCUT2D eigenvalue weighted by Crippen LogP contribution is 2.14. The van der Waals surface area contributed by atoms with Gasteiger partial charge in [-0.25, -0.2) is 0 Å². The van der Waals surface area contributed by atoms with Gasteiger partial charge >= 0.3 is 0 Å². The molecule has 1 rings (SSSR count). The van der Waals surface area contributed by atoms with Crippen LogP contribution < -0.4 is 0 Å². The molecule has 0 radical (unpaired) electrons. The molecular formula is C12H16. The number of aryl methyl sites for hydroxylation is 1. The SMILES string of the molecule is C/C=C(/C)c1cccc(CC)c1. The summed E-state index contributed by atoms with van der Waals surface area (Å²) in [5.41, 5.74) is 4.11. The van der Waals surface area contributed by atoms with E-state index in [1.54, 1.807) is 0 Å². The van der Waals surface area contributed by atoms with E-state index >= 15 is 0 Å². The highest BCUT2D eigenvalue weighted by molar-refractivity contribution is 5.63. The topological polar surface area (TPSA) is 0 Å². The molecule has 0 spiro atoms. The monoisotopic (exact) mass is 160 g/mol. The molecule has 0 atom stereocenters. The van der Waals surface area contributed by atoms with Crippen molar-refractivity contribution in [2.75, 3.05) is 0 Å². The summed E-state index contributed by atoms with van der Waals surface area (Å²) < 4.78 is 0. The van der Waals surface area contributed by atoms with Crippen molar-refractivity contribution < 1.29 is 0 Å². The second kappa shape index (κ2) is 4.10. The lowest BCUT2D eigenvalue weighted by atomic mass is 10.0. The minimum Gasteiger partial charge on any atom is -0.0841 e. The Kier molecular flexibility index (Phi) is 3.09. The first-order chi connectivity index (χ1) is 5.77. The van der Waals surface area contributed by atoms with Crippen molar-refractivity contribution in [1.29, 1.82) is 0 Å². The quantitative estimate of drug-likeness (QED) is 0.619. The van der Waals surface area contributed by atoms with Crippen molar-refractivity contribution in [3.8, 4) is 0 Å². The predicted octanol–water partition coefficient (Wildman–Crippen LogP) is 3.67. The van der Waals surface area contributed by atoms with Gasteiger partial charge in [-0.2, -0.15) is 0 Å². The molecule has 0 unspecified atom stereocenters. The van der Waals surface area contributed by atoms with Crippen LogP contribution in [0.25, 0.3) is 5.57 Å². The van der Waals surface area contributed by atoms with Gasteiger partial charge in [0.05, 0.1) is 0 Å². The Morgan fingerprint density at radius 1 is 1.42 bits per heavy atom. The summed E-state index contributed by atoms with van der Waals surface area (Å²) in [4.78, 5) is 0. The van der Waals surface area contributed by atoms with Gasteiger partial charge in [0, 0.05) is 0 Å². The summed E-state index contributed by atoms with van der Waals surface area (Å²) >= 11 is 0. The Morgan fingerprint density at radius 3 is 2.75 bits per heavy atom. The van der Waals surface area contributed by atoms with Crippen LogP contribution in [0.15, 0.2) is 30.3 Å². The largest absolute Gasteiger partial charge is 0.0841 e. The van der Waals surface area contributed by atoms with Crippen LogP contribution in [0.3, 0.4) is 0 Å². The Hall–Kier alpha value is -1.04. The van der Waals surface area contributed by atoms with Crippen molar-refractivity contribution >= 4 is 5.57 Å². The van der Waals surface area contributed by atoms with Gasteiger partial charge in [0.1, 0.15) is 0 Å². The lowest BCUT2D eigenvalue weighted by Gasteiger charge is -2.02. The first kappa shape index (κ1) is 9.05. The second-order valence-electron chi connectivity index (χ2n) is 3.03. The first-order valence-corrected chi connectivity index (χ1v) is 4.50. The van der Waals surface area contributed by atoms with Crippen LogP contribution in [0.4, 0.5) is 0 Å². The van der Waals surface area contributed by atoms with Crippen molar-refractivity contribution in [1.82, 2.24) is 0 Å². The third kappa shape index (κ3) is 1.97. The molecule has 0 bridgehead atoms. The van der Waals surface area contributed by atoms with E-state index in [9.17, 15) is 0 Å². The van der Waals surface area contributed by atoms with E-state index < -0.39 is 0 Å². The molecular weight excluding hydrogens is 144 g/mol. The summed E-state index contributed by atoms with van der Waals surface area (Å²) in [6.45, 7) is 6.41. The summed E-state index contributed by atoms with van der Waals surface area (Å²) in [5.74, 6) is 0. The van der Waals surface area contributed by atoms with Crippen LogP contribution in [0.2, 0.25) is 0 Å². The molecule has 1 aromatic carbocycles. The maximum Gasteiger partial charge on any atom is -0.0228 e. The van der Waals surface area contributed by atoms with E-state index in [-0.39, 0.29) is 0 Å². The molecule has 12 heavy (non-hydrogen) atoms. The molecule has 1 aromatic rings. The second-order valence-corrected chi connectivity index (χ2v) is 3.03. The Bertz CT molecular complexity index is 282. The van der Waals surface area contributed by atoms with Crippen LogP contribution in [0, 0.1) is 0 Å². The van der Waals surface area contributed by atoms with E-state index in [2.05, 4.69) is 51.1 Å². The molecule has 0 aliphatic carbocycles. The van der Waals surface area contributed by atoms with Crippen LogP contribution in [0.5, 0.6) is 0 Å². The number of rotatable bonds is 2. The molecule has 0 saturated heterocycles. The van der Waals surface area contributed by atoms with Gasteiger partial charge < -0.3 is 0 Å². The summed E-state index contributed by atoms with van der Waals surface area (Å²) in [6.07, 6.45) is 3.26. The molecule has 0 nitrogen and oxygen atoms in total. The van der Waals surface area contributed by atoms with Crippen molar-refractivity contribution in [2.24, 2.45) is 0 Å². The molecule has 0 N–H and O–H groups in total. The van der Waals surface area contributed by atoms with Gasteiger partial charge in [0.25, 0.3) is 0 Å². The minimum absolute atomic E-state index is 1.12. The van der Waals surface area contributed by atoms with Crippen molar-refractivity contribution in [2.45, 2.75) is 27.2 Å². The standard InChI is InChI=1S/C12H16/c1-4-10(3)12-8-6-7-11(5-2)9-12/h4,6-9H,5H2,1-3H3/b10-4-. The fourth-order valence-corrected chi connectivity index (χ4v) is 1.20. The summed E-state index contributed by atoms with van der Waals surface area (Å²) in [5, 5.41) is 0. The third-order valence-corrected chi connectivity index (χ3v) is 2.22. The molecule has 0 heteroatoms. The fourth-order valence-electron chi connectivity index (χ4n) is 1.20. The average Bonchev–Trinajstić information content (AvgIpc) is 2.17. The Balaban J connectivity index is 3.02. The van der Waals surface area contributed by atoms with Crippen LogP contribution in [-0.2, 0) is 6.42 Å². The first-order valence-electron chi connectivity index (χ1n) is 4.50. The van der Waals surface area contributed by atoms with E-state index in [0.29, 0.717) is 0 Å². The molecule has 0 aliphatic rings. The molecule has 0 amide bonds. The number of hydrogen-bond donors (Lipinski definition) is 0. The molecule has 0 saturated carbocycles. The third-order valence-electron chi connectivity index (χ3n) is 2.22. The highest BCUT2D eigenvalue weighted by Gasteiger charge is 1.94. The molecule has 0 aromatic heterocycles. The van der Waals surface area contributed by atoms with Crippen LogP contribution in [0.1, 0.15) is 31.9 Å². The predicted molar refractivity (Wildman–Crippen MR) is 55.1 cm³/mol. The maximum atomic E-state index is 2.26. The van der Waals surface area contributed by atoms with E-state index in [1.807, 2.05) is 0 Å². The van der Waals surface area contributed by atoms with E-state index in [0.717, 1.165) is 6.42 Å². The zero-order valence-corrected chi connectivity index (χ0v) is 8.09. The number of hydrogen-bond acceptors (Lipinski definition) is 0. The fraction of sp³-hybridized carbons (Fsp3) is 0.333. The zero-order chi connectivity index (χ0) is 8.97. The molecule has 0 fully saturated rings. The van der Waals surface area contributed by atoms with Crippen LogP contribution >= 0.6 is 0 Å². The molecule has 0 aliphatic heterocycles. The Labute approximate surface area is 74.9 Å². The van der Waals surface area contributed by atoms with Gasteiger partial charge in [-0.3, -0.25) is 0 Å². The average molecular weight is 160 g/mol. The van der Waals surface area contributed by atoms with Gasteiger partial charge in [-0.1, -0.05) is 37.3 Å². The van der Waals surface area contributed by atoms with E-state index in [1.165, 1.54) is 16.7 Å². The van der Waals surface area contributed by atoms with Gasteiger partial charge in [-0.05, 0) is 37.0 Å². The summed E-state index contributed by atoms with van der Waals surface area (Å²) in [7, 11) is 0. The highest BCUT2D eigenvalue weighted by atomic mass is 14.0. The minimum atomic E-state index is 1.12. The maximum absolute atomic E-state index is 2.26. The van der Waals surface area contributed by atoms with Crippen molar-refractivity contribution in [3.05, 3.63) is 41.5 Å².